The van der Waals surface area contributed by atoms with Gasteiger partial charge in [-0.1, -0.05) is 65.2 Å². The molecule has 0 bridgehead atoms. The predicted octanol–water partition coefficient (Wildman–Crippen LogP) is 3.76. The van der Waals surface area contributed by atoms with Gasteiger partial charge in [0.05, 0.1) is 0 Å². The number of unbranched alkanes of at least 4 members (excludes halogenated alkanes) is 7. The molecule has 0 radical (unpaired) electrons. The van der Waals surface area contributed by atoms with Crippen LogP contribution in [0.1, 0.15) is 84.5 Å². The first-order valence-corrected chi connectivity index (χ1v) is 8.24. The fourth-order valence-corrected chi connectivity index (χ4v) is 2.24. The minimum Gasteiger partial charge on any atom is -0.352 e. The van der Waals surface area contributed by atoms with E-state index in [9.17, 15) is 4.79 Å². The van der Waals surface area contributed by atoms with Crippen LogP contribution in [0.4, 0.5) is 0 Å². The molecule has 114 valence electrons. The van der Waals surface area contributed by atoms with Gasteiger partial charge in [-0.2, -0.15) is 0 Å². The molecule has 0 aromatic heterocycles. The number of nitrogens with two attached hydrogens (primary N) is 1. The molecule has 3 heteroatoms. The molecule has 0 rings (SSSR count). The first-order chi connectivity index (χ1) is 9.24. The molecular formula is C16H34N2O. The fraction of sp³-hybridized carbons (Fsp3) is 0.938. The van der Waals surface area contributed by atoms with Crippen LogP contribution >= 0.6 is 0 Å². The molecule has 0 aliphatic heterocycles. The zero-order valence-corrected chi connectivity index (χ0v) is 13.0. The Bertz CT molecular complexity index is 207. The first-order valence-electron chi connectivity index (χ1n) is 8.24. The van der Waals surface area contributed by atoms with Crippen molar-refractivity contribution in [1.29, 1.82) is 0 Å². The van der Waals surface area contributed by atoms with Crippen molar-refractivity contribution in [2.45, 2.75) is 90.5 Å². The number of amides is 1. The summed E-state index contributed by atoms with van der Waals surface area (Å²) in [5.74, 6) is 0.181. The molecule has 0 saturated carbocycles. The third-order valence-corrected chi connectivity index (χ3v) is 3.56. The molecule has 3 N–H and O–H groups in total. The van der Waals surface area contributed by atoms with Gasteiger partial charge < -0.3 is 11.1 Å². The van der Waals surface area contributed by atoms with Gasteiger partial charge in [0.2, 0.25) is 5.91 Å². The summed E-state index contributed by atoms with van der Waals surface area (Å²) < 4.78 is 0. The summed E-state index contributed by atoms with van der Waals surface area (Å²) in [6.07, 6.45) is 12.7. The van der Waals surface area contributed by atoms with Gasteiger partial charge >= 0.3 is 0 Å². The predicted molar refractivity (Wildman–Crippen MR) is 83.1 cm³/mol. The maximum absolute atomic E-state index is 11.7. The van der Waals surface area contributed by atoms with E-state index < -0.39 is 0 Å². The quantitative estimate of drug-likeness (QED) is 0.501. The molecule has 0 aromatic carbocycles. The number of hydrogen-bond donors (Lipinski definition) is 2. The van der Waals surface area contributed by atoms with Gasteiger partial charge in [0.15, 0.2) is 0 Å². The molecule has 0 aromatic rings. The average Bonchev–Trinajstić information content (AvgIpc) is 2.42. The Morgan fingerprint density at radius 3 is 2.11 bits per heavy atom. The Morgan fingerprint density at radius 2 is 1.53 bits per heavy atom. The van der Waals surface area contributed by atoms with E-state index in [0.717, 1.165) is 25.7 Å². The lowest BCUT2D eigenvalue weighted by molar-refractivity contribution is -0.121. The Labute approximate surface area is 119 Å². The average molecular weight is 270 g/mol. The molecule has 0 heterocycles. The zero-order valence-electron chi connectivity index (χ0n) is 13.0. The lowest BCUT2D eigenvalue weighted by atomic mass is 10.1. The topological polar surface area (TPSA) is 55.1 Å². The molecular weight excluding hydrogens is 236 g/mol. The zero-order chi connectivity index (χ0) is 14.3. The highest BCUT2D eigenvalue weighted by atomic mass is 16.1. The Hall–Kier alpha value is -0.570. The van der Waals surface area contributed by atoms with Crippen LogP contribution < -0.4 is 11.1 Å². The molecule has 3 nitrogen and oxygen atoms in total. The van der Waals surface area contributed by atoms with Crippen molar-refractivity contribution in [2.75, 3.05) is 6.54 Å². The van der Waals surface area contributed by atoms with Crippen molar-refractivity contribution in [3.05, 3.63) is 0 Å². The third kappa shape index (κ3) is 12.2. The molecule has 0 saturated heterocycles. The van der Waals surface area contributed by atoms with E-state index in [0.29, 0.717) is 13.0 Å². The largest absolute Gasteiger partial charge is 0.352 e. The maximum Gasteiger partial charge on any atom is 0.220 e. The van der Waals surface area contributed by atoms with Crippen molar-refractivity contribution in [3.63, 3.8) is 0 Å². The Morgan fingerprint density at radius 1 is 0.947 bits per heavy atom. The van der Waals surface area contributed by atoms with Crippen LogP contribution in [0.3, 0.4) is 0 Å². The summed E-state index contributed by atoms with van der Waals surface area (Å²) in [6, 6.07) is 0.178. The summed E-state index contributed by atoms with van der Waals surface area (Å²) in [5.41, 5.74) is 5.67. The van der Waals surface area contributed by atoms with Gasteiger partial charge in [-0.3, -0.25) is 4.79 Å². The van der Waals surface area contributed by atoms with Crippen LogP contribution in [-0.4, -0.2) is 18.5 Å². The second-order valence-electron chi connectivity index (χ2n) is 5.51. The van der Waals surface area contributed by atoms with E-state index in [1.165, 1.54) is 38.5 Å². The summed E-state index contributed by atoms with van der Waals surface area (Å²) in [6.45, 7) is 4.95. The van der Waals surface area contributed by atoms with Gasteiger partial charge in [0.25, 0.3) is 0 Å². The Balaban J connectivity index is 3.46. The minimum absolute atomic E-state index is 0.178. The maximum atomic E-state index is 11.7. The van der Waals surface area contributed by atoms with Crippen LogP contribution in [0.25, 0.3) is 0 Å². The molecule has 0 fully saturated rings. The summed E-state index contributed by atoms with van der Waals surface area (Å²) in [7, 11) is 0. The second-order valence-corrected chi connectivity index (χ2v) is 5.51. The van der Waals surface area contributed by atoms with Crippen LogP contribution in [0.5, 0.6) is 0 Å². The van der Waals surface area contributed by atoms with Crippen molar-refractivity contribution in [1.82, 2.24) is 5.32 Å². The highest BCUT2D eigenvalue weighted by Crippen LogP contribution is 2.08. The van der Waals surface area contributed by atoms with Crippen molar-refractivity contribution >= 4 is 5.91 Å². The van der Waals surface area contributed by atoms with E-state index in [1.54, 1.807) is 0 Å². The molecule has 19 heavy (non-hydrogen) atoms. The molecule has 1 unspecified atom stereocenters. The number of hydrogen-bond acceptors (Lipinski definition) is 2. The summed E-state index contributed by atoms with van der Waals surface area (Å²) >= 11 is 0. The van der Waals surface area contributed by atoms with Gasteiger partial charge in [-0.05, 0) is 12.8 Å². The molecule has 1 amide bonds. The van der Waals surface area contributed by atoms with E-state index >= 15 is 0 Å². The standard InChI is InChI=1S/C16H34N2O/c1-3-5-7-8-9-10-11-13-16(19)18-15(14-17)12-6-4-2/h15H,3-14,17H2,1-2H3,(H,18,19). The van der Waals surface area contributed by atoms with Gasteiger partial charge in [-0.15, -0.1) is 0 Å². The van der Waals surface area contributed by atoms with Crippen molar-refractivity contribution in [2.24, 2.45) is 5.73 Å². The number of carbonyl (C=O) groups excluding carboxylic acids is 1. The summed E-state index contributed by atoms with van der Waals surface area (Å²) in [5, 5.41) is 3.05. The van der Waals surface area contributed by atoms with E-state index in [2.05, 4.69) is 19.2 Å². The molecule has 0 spiro atoms. The normalized spacial score (nSPS) is 12.4. The van der Waals surface area contributed by atoms with Gasteiger partial charge in [0.1, 0.15) is 0 Å². The number of rotatable bonds is 13. The molecule has 1 atom stereocenters. The Kier molecular flexibility index (Phi) is 13.4. The van der Waals surface area contributed by atoms with Gasteiger partial charge in [-0.25, -0.2) is 0 Å². The van der Waals surface area contributed by atoms with Crippen LogP contribution in [-0.2, 0) is 4.79 Å². The first kappa shape index (κ1) is 18.4. The monoisotopic (exact) mass is 270 g/mol. The molecule has 0 aliphatic rings. The minimum atomic E-state index is 0.178. The highest BCUT2D eigenvalue weighted by Gasteiger charge is 2.09. The SMILES string of the molecule is CCCCCCCCCC(=O)NC(CN)CCCC. The van der Waals surface area contributed by atoms with Crippen molar-refractivity contribution < 1.29 is 4.79 Å². The number of nitrogens with one attached hydrogen (secondary N) is 1. The molecule has 0 aliphatic carbocycles. The van der Waals surface area contributed by atoms with Crippen LogP contribution in [0.2, 0.25) is 0 Å². The van der Waals surface area contributed by atoms with E-state index in [4.69, 9.17) is 5.73 Å². The van der Waals surface area contributed by atoms with E-state index in [-0.39, 0.29) is 11.9 Å². The highest BCUT2D eigenvalue weighted by molar-refractivity contribution is 5.76. The second kappa shape index (κ2) is 13.9. The third-order valence-electron chi connectivity index (χ3n) is 3.56. The lowest BCUT2D eigenvalue weighted by Crippen LogP contribution is -2.40. The lowest BCUT2D eigenvalue weighted by Gasteiger charge is -2.16. The van der Waals surface area contributed by atoms with Crippen LogP contribution in [0.15, 0.2) is 0 Å². The van der Waals surface area contributed by atoms with Crippen molar-refractivity contribution in [3.8, 4) is 0 Å². The summed E-state index contributed by atoms with van der Waals surface area (Å²) in [4.78, 5) is 11.7. The van der Waals surface area contributed by atoms with Crippen LogP contribution in [0, 0.1) is 0 Å². The smallest absolute Gasteiger partial charge is 0.220 e. The van der Waals surface area contributed by atoms with E-state index in [1.807, 2.05) is 0 Å². The fourth-order valence-electron chi connectivity index (χ4n) is 2.24. The number of carbonyl (C=O) groups is 1. The van der Waals surface area contributed by atoms with Gasteiger partial charge in [0, 0.05) is 19.0 Å².